The molecule has 0 aromatic carbocycles. The van der Waals surface area contributed by atoms with Gasteiger partial charge in [0.15, 0.2) is 24.4 Å². The molecule has 0 aromatic rings. The average Bonchev–Trinajstić information content (AvgIpc) is 3.63. The van der Waals surface area contributed by atoms with Crippen molar-refractivity contribution in [2.75, 3.05) is 0 Å². The molecule has 6 heterocycles. The summed E-state index contributed by atoms with van der Waals surface area (Å²) in [6, 6.07) is 0. The molecule has 10 nitrogen and oxygen atoms in total. The highest BCUT2D eigenvalue weighted by Gasteiger charge is 2.66. The summed E-state index contributed by atoms with van der Waals surface area (Å²) in [6.45, 7) is 9.43. The number of carbonyl (C=O) groups is 4. The summed E-state index contributed by atoms with van der Waals surface area (Å²) in [7, 11) is 0. The number of rotatable bonds is 6. The van der Waals surface area contributed by atoms with Gasteiger partial charge in [0.1, 0.15) is 12.2 Å². The Morgan fingerprint density at radius 3 is 1.67 bits per heavy atom. The van der Waals surface area contributed by atoms with E-state index in [0.29, 0.717) is 19.3 Å². The first kappa shape index (κ1) is 34.8. The molecule has 226 valence electrons. The van der Waals surface area contributed by atoms with Crippen LogP contribution in [0.5, 0.6) is 0 Å². The number of carbonyl (C=O) groups excluding carboxylic acids is 4. The Morgan fingerprint density at radius 1 is 0.821 bits per heavy atom. The second kappa shape index (κ2) is 12.5. The normalized spacial score (nSPS) is 38.0. The molecular weight excluding hydrogens is 508 g/mol. The van der Waals surface area contributed by atoms with Crippen molar-refractivity contribution < 1.29 is 47.6 Å². The quantitative estimate of drug-likeness (QED) is 0.345. The van der Waals surface area contributed by atoms with Gasteiger partial charge < -0.3 is 28.4 Å². The molecule has 10 heteroatoms. The van der Waals surface area contributed by atoms with Crippen LogP contribution in [0.4, 0.5) is 0 Å². The van der Waals surface area contributed by atoms with E-state index in [2.05, 4.69) is 0 Å². The predicted molar refractivity (Wildman–Crippen MR) is 144 cm³/mol. The Labute approximate surface area is 233 Å². The molecule has 6 aliphatic heterocycles. The Kier molecular flexibility index (Phi) is 11.2. The number of esters is 4. The highest BCUT2D eigenvalue weighted by Crippen LogP contribution is 2.48. The van der Waals surface area contributed by atoms with Crippen molar-refractivity contribution in [3.63, 3.8) is 0 Å². The lowest BCUT2D eigenvalue weighted by Gasteiger charge is -2.27. The van der Waals surface area contributed by atoms with Gasteiger partial charge in [0.25, 0.3) is 0 Å². The first-order valence-electron chi connectivity index (χ1n) is 12.7. The van der Waals surface area contributed by atoms with E-state index >= 15 is 0 Å². The van der Waals surface area contributed by atoms with Gasteiger partial charge in [-0.15, -0.1) is 0 Å². The van der Waals surface area contributed by atoms with Crippen LogP contribution in [0.3, 0.4) is 0 Å². The van der Waals surface area contributed by atoms with E-state index in [1.165, 1.54) is 0 Å². The van der Waals surface area contributed by atoms with Crippen molar-refractivity contribution >= 4 is 23.9 Å². The minimum atomic E-state index is -0.510. The summed E-state index contributed by atoms with van der Waals surface area (Å²) in [6.07, 6.45) is 0.379. The fraction of sp³-hybridized carbons (Fsp3) is 0.862. The van der Waals surface area contributed by atoms with Crippen molar-refractivity contribution in [3.8, 4) is 0 Å². The van der Waals surface area contributed by atoms with Gasteiger partial charge in [0, 0.05) is 0 Å². The van der Waals surface area contributed by atoms with E-state index in [4.69, 9.17) is 28.4 Å². The Hall–Kier alpha value is -2.20. The molecule has 0 aliphatic carbocycles. The zero-order valence-electron chi connectivity index (χ0n) is 20.8. The van der Waals surface area contributed by atoms with Crippen LogP contribution in [0.2, 0.25) is 0 Å². The molecule has 0 spiro atoms. The van der Waals surface area contributed by atoms with Crippen LogP contribution in [-0.2, 0) is 47.6 Å². The standard InChI is InChI=1S/C13H18O5.C12H16O5.4CH4/c1-4-13(2,3)12(15)18-9-7-5-6-8(16-7)10(9)17-11(6)14;1-3-5(2)11(13)16-9-7-4-6-8(15-7)10(9)17-12(6)14;;;;/h6-10H,4-5H2,1-3H3;5-10H,3-4H2,1-2H3;4*1H4. The van der Waals surface area contributed by atoms with Crippen LogP contribution in [-0.4, -0.2) is 72.7 Å². The van der Waals surface area contributed by atoms with Crippen LogP contribution < -0.4 is 0 Å². The molecule has 11 unspecified atom stereocenters. The van der Waals surface area contributed by atoms with E-state index < -0.39 is 23.7 Å². The molecule has 6 rings (SSSR count). The molecule has 0 aromatic heterocycles. The van der Waals surface area contributed by atoms with Crippen molar-refractivity contribution in [1.29, 1.82) is 0 Å². The Morgan fingerprint density at radius 2 is 1.26 bits per heavy atom. The highest BCUT2D eigenvalue weighted by molar-refractivity contribution is 5.79. The van der Waals surface area contributed by atoms with Gasteiger partial charge in [-0.3, -0.25) is 19.2 Å². The minimum absolute atomic E-state index is 0. The van der Waals surface area contributed by atoms with E-state index in [0.717, 1.165) is 6.42 Å². The van der Waals surface area contributed by atoms with Crippen LogP contribution in [0, 0.1) is 23.2 Å². The zero-order chi connectivity index (χ0) is 25.2. The van der Waals surface area contributed by atoms with E-state index in [1.54, 1.807) is 0 Å². The number of hydrogen-bond acceptors (Lipinski definition) is 10. The van der Waals surface area contributed by atoms with E-state index in [9.17, 15) is 19.2 Å². The lowest BCUT2D eigenvalue weighted by molar-refractivity contribution is -0.169. The first-order chi connectivity index (χ1) is 16.6. The fourth-order valence-corrected chi connectivity index (χ4v) is 5.61. The summed E-state index contributed by atoms with van der Waals surface area (Å²) in [5.74, 6) is -1.29. The van der Waals surface area contributed by atoms with E-state index in [1.807, 2.05) is 34.6 Å². The predicted octanol–water partition coefficient (Wildman–Crippen LogP) is 4.25. The van der Waals surface area contributed by atoms with Gasteiger partial charge in [0.05, 0.1) is 35.4 Å². The zero-order valence-corrected chi connectivity index (χ0v) is 20.8. The number of fused-ring (bicyclic) bond motifs is 2. The molecule has 0 amide bonds. The average molecular weight is 559 g/mol. The van der Waals surface area contributed by atoms with Crippen molar-refractivity contribution in [3.05, 3.63) is 0 Å². The second-order valence-electron chi connectivity index (χ2n) is 11.1. The minimum Gasteiger partial charge on any atom is -0.455 e. The Balaban J connectivity index is 0.000000354. The molecule has 11 atom stereocenters. The van der Waals surface area contributed by atoms with Crippen molar-refractivity contribution in [2.45, 2.75) is 139 Å². The van der Waals surface area contributed by atoms with E-state index in [-0.39, 0.29) is 102 Å². The molecule has 0 N–H and O–H groups in total. The molecule has 39 heavy (non-hydrogen) atoms. The monoisotopic (exact) mass is 558 g/mol. The molecule has 4 bridgehead atoms. The smallest absolute Gasteiger partial charge is 0.312 e. The molecule has 6 fully saturated rings. The molecule has 0 radical (unpaired) electrons. The lowest BCUT2D eigenvalue weighted by Crippen LogP contribution is -2.42. The summed E-state index contributed by atoms with van der Waals surface area (Å²) in [4.78, 5) is 46.8. The first-order valence-corrected chi connectivity index (χ1v) is 12.7. The van der Waals surface area contributed by atoms with Gasteiger partial charge >= 0.3 is 23.9 Å². The molecule has 6 saturated heterocycles. The summed E-state index contributed by atoms with van der Waals surface area (Å²) in [5, 5.41) is 0. The van der Waals surface area contributed by atoms with Gasteiger partial charge in [0.2, 0.25) is 0 Å². The maximum atomic E-state index is 12.1. The molecule has 0 saturated carbocycles. The summed E-state index contributed by atoms with van der Waals surface area (Å²) < 4.78 is 32.8. The van der Waals surface area contributed by atoms with Crippen LogP contribution in [0.25, 0.3) is 0 Å². The highest BCUT2D eigenvalue weighted by atomic mass is 16.7. The summed E-state index contributed by atoms with van der Waals surface area (Å²) in [5.41, 5.74) is -0.510. The van der Waals surface area contributed by atoms with Crippen molar-refractivity contribution in [1.82, 2.24) is 0 Å². The largest absolute Gasteiger partial charge is 0.455 e. The molecule has 6 aliphatic rings. The van der Waals surface area contributed by atoms with Crippen LogP contribution in [0.1, 0.15) is 90.0 Å². The van der Waals surface area contributed by atoms with Gasteiger partial charge in [-0.25, -0.2) is 0 Å². The third kappa shape index (κ3) is 5.69. The van der Waals surface area contributed by atoms with Gasteiger partial charge in [-0.2, -0.15) is 0 Å². The third-order valence-electron chi connectivity index (χ3n) is 8.51. The number of hydrogen-bond donors (Lipinski definition) is 0. The maximum Gasteiger partial charge on any atom is 0.312 e. The van der Waals surface area contributed by atoms with Crippen molar-refractivity contribution in [2.24, 2.45) is 23.2 Å². The Bertz CT molecular complexity index is 916. The van der Waals surface area contributed by atoms with Crippen LogP contribution in [0.15, 0.2) is 0 Å². The lowest BCUT2D eigenvalue weighted by atomic mass is 9.87. The topological polar surface area (TPSA) is 124 Å². The fourth-order valence-electron chi connectivity index (χ4n) is 5.61. The van der Waals surface area contributed by atoms with Gasteiger partial charge in [-0.1, -0.05) is 50.5 Å². The van der Waals surface area contributed by atoms with Crippen LogP contribution >= 0.6 is 0 Å². The maximum absolute atomic E-state index is 12.1. The molecular formula is C29H50O10. The van der Waals surface area contributed by atoms with Gasteiger partial charge in [-0.05, 0) is 39.5 Å². The summed E-state index contributed by atoms with van der Waals surface area (Å²) >= 11 is 0. The SMILES string of the molecule is C.C.C.C.CCC(C)(C)C(=O)OC1C2CC3C(=O)OC1C3O2.CCC(C)C(=O)OC1C2CC3C(=O)OC1C3O2. The number of ether oxygens (including phenoxy) is 6. The second-order valence-corrected chi connectivity index (χ2v) is 11.1. The third-order valence-corrected chi connectivity index (χ3v) is 8.51.